The highest BCUT2D eigenvalue weighted by molar-refractivity contribution is 6.01. The number of hydrogen-bond acceptors (Lipinski definition) is 3. The van der Waals surface area contributed by atoms with Crippen molar-refractivity contribution >= 4 is 11.1 Å². The number of hydrogen-bond donors (Lipinski definition) is 0. The Morgan fingerprint density at radius 2 is 1.25 bits per heavy atom. The van der Waals surface area contributed by atoms with Gasteiger partial charge in [0.05, 0.1) is 5.57 Å². The highest BCUT2D eigenvalue weighted by atomic mass is 15.3. The van der Waals surface area contributed by atoms with Crippen LogP contribution in [0.15, 0.2) is 72.6 Å². The molecule has 2 aromatic rings. The molecule has 0 saturated carbocycles. The molecule has 0 atom stereocenters. The van der Waals surface area contributed by atoms with Gasteiger partial charge >= 0.3 is 0 Å². The Morgan fingerprint density at radius 3 is 1.67 bits per heavy atom. The summed E-state index contributed by atoms with van der Waals surface area (Å²) in [5.41, 5.74) is 3.54. The third kappa shape index (κ3) is 4.05. The summed E-state index contributed by atoms with van der Waals surface area (Å²) in [6.45, 7) is 0. The molecule has 0 saturated heterocycles. The largest absolute Gasteiger partial charge is 0.364 e. The molecule has 0 fully saturated rings. The molecule has 2 rings (SSSR count). The van der Waals surface area contributed by atoms with E-state index < -0.39 is 0 Å². The molecular weight excluding hydrogens is 294 g/mol. The third-order valence-electron chi connectivity index (χ3n) is 3.72. The van der Waals surface area contributed by atoms with Gasteiger partial charge in [0.25, 0.3) is 0 Å². The lowest BCUT2D eigenvalue weighted by molar-refractivity contribution is 0.343. The van der Waals surface area contributed by atoms with E-state index in [0.717, 1.165) is 22.5 Å². The maximum Gasteiger partial charge on any atom is 0.103 e. The summed E-state index contributed by atoms with van der Waals surface area (Å²) >= 11 is 0. The van der Waals surface area contributed by atoms with Gasteiger partial charge in [0.1, 0.15) is 11.9 Å². The van der Waals surface area contributed by atoms with Gasteiger partial charge in [-0.15, -0.1) is 0 Å². The molecule has 0 radical (unpaired) electrons. The van der Waals surface area contributed by atoms with E-state index in [1.165, 1.54) is 0 Å². The SMILES string of the molecule is CN(C)C(=C/C(=C(/C#N)c1ccccc1)c1ccccc1)N(C)C. The summed E-state index contributed by atoms with van der Waals surface area (Å²) in [6, 6.07) is 22.3. The molecular formula is C21H23N3. The van der Waals surface area contributed by atoms with Crippen molar-refractivity contribution in [2.45, 2.75) is 0 Å². The van der Waals surface area contributed by atoms with E-state index in [0.29, 0.717) is 5.57 Å². The Balaban J connectivity index is 2.75. The van der Waals surface area contributed by atoms with E-state index in [1.807, 2.05) is 98.7 Å². The van der Waals surface area contributed by atoms with Crippen LogP contribution in [0.1, 0.15) is 11.1 Å². The maximum absolute atomic E-state index is 9.84. The molecule has 0 aliphatic heterocycles. The first-order chi connectivity index (χ1) is 11.5. The second-order valence-corrected chi connectivity index (χ2v) is 5.92. The third-order valence-corrected chi connectivity index (χ3v) is 3.72. The van der Waals surface area contributed by atoms with Gasteiger partial charge in [0.2, 0.25) is 0 Å². The molecule has 0 heterocycles. The van der Waals surface area contributed by atoms with E-state index in [9.17, 15) is 5.26 Å². The number of nitrogens with zero attached hydrogens (tertiary/aromatic N) is 3. The van der Waals surface area contributed by atoms with Crippen molar-refractivity contribution in [1.29, 1.82) is 5.26 Å². The topological polar surface area (TPSA) is 30.3 Å². The zero-order chi connectivity index (χ0) is 17.5. The van der Waals surface area contributed by atoms with Gasteiger partial charge in [0, 0.05) is 33.8 Å². The van der Waals surface area contributed by atoms with Gasteiger partial charge < -0.3 is 9.80 Å². The average Bonchev–Trinajstić information content (AvgIpc) is 2.59. The Morgan fingerprint density at radius 1 is 0.792 bits per heavy atom. The fourth-order valence-corrected chi connectivity index (χ4v) is 2.59. The van der Waals surface area contributed by atoms with E-state index in [-0.39, 0.29) is 0 Å². The molecule has 0 aliphatic rings. The molecule has 122 valence electrons. The fraction of sp³-hybridized carbons (Fsp3) is 0.190. The fourth-order valence-electron chi connectivity index (χ4n) is 2.59. The van der Waals surface area contributed by atoms with Crippen LogP contribution < -0.4 is 0 Å². The first-order valence-corrected chi connectivity index (χ1v) is 7.86. The van der Waals surface area contributed by atoms with Gasteiger partial charge in [-0.1, -0.05) is 60.7 Å². The summed E-state index contributed by atoms with van der Waals surface area (Å²) in [6.07, 6.45) is 2.07. The molecule has 0 spiro atoms. The van der Waals surface area contributed by atoms with Crippen molar-refractivity contribution in [3.63, 3.8) is 0 Å². The molecule has 2 aromatic carbocycles. The molecule has 0 N–H and O–H groups in total. The number of allylic oxidation sites excluding steroid dienone is 3. The van der Waals surface area contributed by atoms with E-state index in [1.54, 1.807) is 0 Å². The van der Waals surface area contributed by atoms with Gasteiger partial charge in [-0.05, 0) is 17.2 Å². The standard InChI is InChI=1S/C21H23N3/c1-23(2)21(24(3)4)15-19(17-11-7-5-8-12-17)20(16-22)18-13-9-6-10-14-18/h5-15H,1-4H3/b20-19+. The normalized spacial score (nSPS) is 11.1. The molecule has 3 heteroatoms. The van der Waals surface area contributed by atoms with E-state index >= 15 is 0 Å². The molecule has 0 unspecified atom stereocenters. The Hall–Kier alpha value is -2.99. The lowest BCUT2D eigenvalue weighted by Gasteiger charge is -2.25. The van der Waals surface area contributed by atoms with Crippen LogP contribution in [0.5, 0.6) is 0 Å². The lowest BCUT2D eigenvalue weighted by Crippen LogP contribution is -2.24. The second-order valence-electron chi connectivity index (χ2n) is 5.92. The monoisotopic (exact) mass is 317 g/mol. The summed E-state index contributed by atoms with van der Waals surface area (Å²) in [5, 5.41) is 9.84. The van der Waals surface area contributed by atoms with Crippen LogP contribution in [-0.2, 0) is 0 Å². The molecule has 0 aliphatic carbocycles. The van der Waals surface area contributed by atoms with Crippen molar-refractivity contribution in [3.05, 3.63) is 83.7 Å². The molecule has 0 bridgehead atoms. The number of nitriles is 1. The Labute approximate surface area is 144 Å². The molecule has 0 aromatic heterocycles. The summed E-state index contributed by atoms with van der Waals surface area (Å²) < 4.78 is 0. The van der Waals surface area contributed by atoms with Crippen molar-refractivity contribution in [3.8, 4) is 6.07 Å². The van der Waals surface area contributed by atoms with E-state index in [2.05, 4.69) is 12.1 Å². The average molecular weight is 317 g/mol. The van der Waals surface area contributed by atoms with Crippen LogP contribution in [0, 0.1) is 11.3 Å². The highest BCUT2D eigenvalue weighted by Crippen LogP contribution is 2.28. The van der Waals surface area contributed by atoms with E-state index in [4.69, 9.17) is 0 Å². The van der Waals surface area contributed by atoms with Crippen LogP contribution in [0.4, 0.5) is 0 Å². The Kier molecular flexibility index (Phi) is 5.81. The van der Waals surface area contributed by atoms with Gasteiger partial charge in [-0.25, -0.2) is 0 Å². The zero-order valence-electron chi connectivity index (χ0n) is 14.7. The van der Waals surface area contributed by atoms with Crippen molar-refractivity contribution in [2.24, 2.45) is 0 Å². The van der Waals surface area contributed by atoms with Gasteiger partial charge in [-0.2, -0.15) is 5.26 Å². The molecule has 0 amide bonds. The quantitative estimate of drug-likeness (QED) is 0.473. The first-order valence-electron chi connectivity index (χ1n) is 7.86. The molecule has 3 nitrogen and oxygen atoms in total. The minimum atomic E-state index is 0.669. The minimum absolute atomic E-state index is 0.669. The van der Waals surface area contributed by atoms with Crippen LogP contribution in [0.2, 0.25) is 0 Å². The summed E-state index contributed by atoms with van der Waals surface area (Å²) in [7, 11) is 8.01. The number of rotatable bonds is 5. The zero-order valence-corrected chi connectivity index (χ0v) is 14.7. The predicted molar refractivity (Wildman–Crippen MR) is 101 cm³/mol. The van der Waals surface area contributed by atoms with Gasteiger partial charge in [0.15, 0.2) is 0 Å². The minimum Gasteiger partial charge on any atom is -0.364 e. The first kappa shape index (κ1) is 17.4. The van der Waals surface area contributed by atoms with Crippen molar-refractivity contribution in [1.82, 2.24) is 9.80 Å². The van der Waals surface area contributed by atoms with Gasteiger partial charge in [-0.3, -0.25) is 0 Å². The lowest BCUT2D eigenvalue weighted by atomic mass is 9.95. The van der Waals surface area contributed by atoms with Crippen molar-refractivity contribution < 1.29 is 0 Å². The summed E-state index contributed by atoms with van der Waals surface area (Å²) in [4.78, 5) is 4.09. The number of benzene rings is 2. The smallest absolute Gasteiger partial charge is 0.103 e. The maximum atomic E-state index is 9.84. The molecule has 24 heavy (non-hydrogen) atoms. The van der Waals surface area contributed by atoms with Crippen molar-refractivity contribution in [2.75, 3.05) is 28.2 Å². The predicted octanol–water partition coefficient (Wildman–Crippen LogP) is 4.09. The van der Waals surface area contributed by atoms with Crippen LogP contribution >= 0.6 is 0 Å². The highest BCUT2D eigenvalue weighted by Gasteiger charge is 2.12. The van der Waals surface area contributed by atoms with Crippen LogP contribution in [0.3, 0.4) is 0 Å². The second kappa shape index (κ2) is 8.03. The van der Waals surface area contributed by atoms with Crippen LogP contribution in [-0.4, -0.2) is 38.0 Å². The summed E-state index contributed by atoms with van der Waals surface area (Å²) in [5.74, 6) is 1.03. The Bertz CT molecular complexity index is 754. The van der Waals surface area contributed by atoms with Crippen LogP contribution in [0.25, 0.3) is 11.1 Å².